The van der Waals surface area contributed by atoms with Crippen LogP contribution in [0.4, 0.5) is 0 Å². The highest BCUT2D eigenvalue weighted by Gasteiger charge is 2.11. The second-order valence-electron chi connectivity index (χ2n) is 3.92. The predicted octanol–water partition coefficient (Wildman–Crippen LogP) is 1.98. The van der Waals surface area contributed by atoms with E-state index in [0.717, 1.165) is 0 Å². The van der Waals surface area contributed by atoms with Crippen LogP contribution in [-0.4, -0.2) is 21.0 Å². The largest absolute Gasteiger partial charge is 0.409 e. The molecule has 1 aromatic heterocycles. The molecule has 1 aromatic carbocycles. The second kappa shape index (κ2) is 5.98. The first-order valence-electron chi connectivity index (χ1n) is 5.53. The van der Waals surface area contributed by atoms with E-state index in [9.17, 15) is 4.79 Å². The highest BCUT2D eigenvalue weighted by atomic mass is 35.5. The summed E-state index contributed by atoms with van der Waals surface area (Å²) in [5.74, 6) is -0.0424. The van der Waals surface area contributed by atoms with Crippen molar-refractivity contribution in [3.05, 3.63) is 50.9 Å². The normalized spacial score (nSPS) is 11.6. The van der Waals surface area contributed by atoms with Crippen LogP contribution < -0.4 is 11.3 Å². The van der Waals surface area contributed by atoms with Gasteiger partial charge in [0.2, 0.25) is 0 Å². The highest BCUT2D eigenvalue weighted by molar-refractivity contribution is 7.99. The third-order valence-corrected chi connectivity index (χ3v) is 3.56. The number of rotatable bonds is 3. The molecule has 0 aliphatic rings. The Morgan fingerprint density at radius 2 is 2.25 bits per heavy atom. The maximum atomic E-state index is 11.4. The first-order chi connectivity index (χ1) is 9.49. The van der Waals surface area contributed by atoms with E-state index < -0.39 is 0 Å². The van der Waals surface area contributed by atoms with E-state index in [-0.39, 0.29) is 11.4 Å². The molecule has 0 aliphatic heterocycles. The van der Waals surface area contributed by atoms with Gasteiger partial charge in [0.15, 0.2) is 11.0 Å². The van der Waals surface area contributed by atoms with Crippen LogP contribution in [0.5, 0.6) is 0 Å². The number of oxime groups is 1. The van der Waals surface area contributed by atoms with E-state index in [1.54, 1.807) is 25.1 Å². The molecule has 0 fully saturated rings. The number of hydrogen-bond donors (Lipinski definition) is 3. The number of halogens is 1. The Balaban J connectivity index is 2.47. The number of nitrogens with zero attached hydrogens (tertiary/aromatic N) is 2. The summed E-state index contributed by atoms with van der Waals surface area (Å²) in [6.07, 6.45) is 0. The first kappa shape index (κ1) is 14.4. The molecule has 8 heteroatoms. The number of aromatic nitrogens is 2. The number of aryl methyl sites for hydroxylation is 1. The third-order valence-electron chi connectivity index (χ3n) is 2.38. The molecule has 0 amide bonds. The Morgan fingerprint density at radius 1 is 1.50 bits per heavy atom. The minimum absolute atomic E-state index is 0.0424. The number of H-pyrrole nitrogens is 1. The van der Waals surface area contributed by atoms with Crippen LogP contribution >= 0.6 is 23.4 Å². The molecule has 2 aromatic rings. The van der Waals surface area contributed by atoms with E-state index in [1.807, 2.05) is 0 Å². The molecule has 2 rings (SSSR count). The van der Waals surface area contributed by atoms with Gasteiger partial charge >= 0.3 is 0 Å². The van der Waals surface area contributed by atoms with Gasteiger partial charge in [0, 0.05) is 27.2 Å². The van der Waals surface area contributed by atoms with Crippen molar-refractivity contribution < 1.29 is 5.21 Å². The molecule has 0 bridgehead atoms. The summed E-state index contributed by atoms with van der Waals surface area (Å²) in [7, 11) is 0. The maximum absolute atomic E-state index is 11.4. The lowest BCUT2D eigenvalue weighted by molar-refractivity contribution is 0.318. The zero-order valence-corrected chi connectivity index (χ0v) is 12.0. The van der Waals surface area contributed by atoms with Crippen molar-refractivity contribution in [3.63, 3.8) is 0 Å². The number of aromatic amines is 1. The summed E-state index contributed by atoms with van der Waals surface area (Å²) in [5, 5.41) is 12.7. The lowest BCUT2D eigenvalue weighted by atomic mass is 10.2. The quantitative estimate of drug-likeness (QED) is 0.264. The molecule has 20 heavy (non-hydrogen) atoms. The lowest BCUT2D eigenvalue weighted by Crippen LogP contribution is -2.14. The summed E-state index contributed by atoms with van der Waals surface area (Å²) in [4.78, 5) is 18.9. The van der Waals surface area contributed by atoms with Gasteiger partial charge in [-0.1, -0.05) is 28.5 Å². The minimum Gasteiger partial charge on any atom is -0.409 e. The monoisotopic (exact) mass is 310 g/mol. The number of nitrogens with one attached hydrogen (secondary N) is 1. The molecule has 1 heterocycles. The number of hydrogen-bond acceptors (Lipinski definition) is 5. The van der Waals surface area contributed by atoms with Crippen molar-refractivity contribution in [3.8, 4) is 0 Å². The smallest absolute Gasteiger partial charge is 0.251 e. The number of benzene rings is 1. The van der Waals surface area contributed by atoms with Crippen LogP contribution in [0.15, 0.2) is 44.3 Å². The van der Waals surface area contributed by atoms with Gasteiger partial charge in [0.05, 0.1) is 0 Å². The van der Waals surface area contributed by atoms with Crippen molar-refractivity contribution in [2.75, 3.05) is 0 Å². The fourth-order valence-electron chi connectivity index (χ4n) is 1.55. The van der Waals surface area contributed by atoms with Crippen molar-refractivity contribution in [1.29, 1.82) is 0 Å². The molecule has 0 atom stereocenters. The topological polar surface area (TPSA) is 104 Å². The first-order valence-corrected chi connectivity index (χ1v) is 6.72. The molecule has 0 aliphatic carbocycles. The average Bonchev–Trinajstić information content (AvgIpc) is 2.37. The van der Waals surface area contributed by atoms with Gasteiger partial charge in [-0.25, -0.2) is 4.98 Å². The molecule has 4 N–H and O–H groups in total. The Labute approximate surface area is 123 Å². The zero-order chi connectivity index (χ0) is 14.7. The fourth-order valence-corrected chi connectivity index (χ4v) is 2.80. The minimum atomic E-state index is -0.243. The molecule has 6 nitrogen and oxygen atoms in total. The summed E-state index contributed by atoms with van der Waals surface area (Å²) in [5.41, 5.74) is 6.47. The van der Waals surface area contributed by atoms with Gasteiger partial charge in [-0.3, -0.25) is 4.79 Å². The van der Waals surface area contributed by atoms with Crippen LogP contribution in [0.2, 0.25) is 5.02 Å². The molecular weight excluding hydrogens is 300 g/mol. The third kappa shape index (κ3) is 3.31. The SMILES string of the molecule is Cc1cc(=O)[nH]c(Sc2cc(Cl)ccc2C(N)=NO)n1. The molecule has 0 unspecified atom stereocenters. The Kier molecular flexibility index (Phi) is 4.31. The summed E-state index contributed by atoms with van der Waals surface area (Å²) >= 11 is 7.12. The van der Waals surface area contributed by atoms with E-state index in [2.05, 4.69) is 15.1 Å². The zero-order valence-electron chi connectivity index (χ0n) is 10.4. The number of amidine groups is 1. The molecule has 0 spiro atoms. The summed E-state index contributed by atoms with van der Waals surface area (Å²) in [6, 6.07) is 6.31. The van der Waals surface area contributed by atoms with Gasteiger partial charge in [-0.15, -0.1) is 0 Å². The standard InChI is InChI=1S/C12H11ClN4O2S/c1-6-4-10(18)16-12(15-6)20-9-5-7(13)2-3-8(9)11(14)17-19/h2-5,19H,1H3,(H2,14,17)(H,15,16,18). The van der Waals surface area contributed by atoms with Gasteiger partial charge in [-0.2, -0.15) is 0 Å². The van der Waals surface area contributed by atoms with Crippen LogP contribution in [-0.2, 0) is 0 Å². The van der Waals surface area contributed by atoms with E-state index in [0.29, 0.717) is 26.3 Å². The highest BCUT2D eigenvalue weighted by Crippen LogP contribution is 2.30. The fraction of sp³-hybridized carbons (Fsp3) is 0.0833. The maximum Gasteiger partial charge on any atom is 0.251 e. The molecule has 0 radical (unpaired) electrons. The summed E-state index contributed by atoms with van der Waals surface area (Å²) < 4.78 is 0. The van der Waals surface area contributed by atoms with Crippen LogP contribution in [0.1, 0.15) is 11.3 Å². The molecule has 104 valence electrons. The van der Waals surface area contributed by atoms with Gasteiger partial charge in [0.25, 0.3) is 5.56 Å². The van der Waals surface area contributed by atoms with Crippen LogP contribution in [0.3, 0.4) is 0 Å². The lowest BCUT2D eigenvalue weighted by Gasteiger charge is -2.08. The van der Waals surface area contributed by atoms with Crippen molar-refractivity contribution in [2.45, 2.75) is 17.0 Å². The molecule has 0 saturated carbocycles. The molecular formula is C12H11ClN4O2S. The van der Waals surface area contributed by atoms with Crippen molar-refractivity contribution in [1.82, 2.24) is 9.97 Å². The van der Waals surface area contributed by atoms with E-state index in [4.69, 9.17) is 22.5 Å². The number of nitrogens with two attached hydrogens (primary N) is 1. The van der Waals surface area contributed by atoms with Gasteiger partial charge in [-0.05, 0) is 25.1 Å². The van der Waals surface area contributed by atoms with Gasteiger partial charge in [0.1, 0.15) is 0 Å². The average molecular weight is 311 g/mol. The Bertz CT molecular complexity index is 730. The summed E-state index contributed by atoms with van der Waals surface area (Å²) in [6.45, 7) is 1.72. The Hall–Kier alpha value is -1.99. The van der Waals surface area contributed by atoms with Crippen molar-refractivity contribution >= 4 is 29.2 Å². The van der Waals surface area contributed by atoms with Crippen molar-refractivity contribution in [2.24, 2.45) is 10.9 Å². The Morgan fingerprint density at radius 3 is 2.90 bits per heavy atom. The van der Waals surface area contributed by atoms with Gasteiger partial charge < -0.3 is 15.9 Å². The van der Waals surface area contributed by atoms with E-state index in [1.165, 1.54) is 17.8 Å². The van der Waals surface area contributed by atoms with E-state index >= 15 is 0 Å². The van der Waals surface area contributed by atoms with Crippen LogP contribution in [0, 0.1) is 6.92 Å². The second-order valence-corrected chi connectivity index (χ2v) is 5.39. The molecule has 0 saturated heterocycles. The van der Waals surface area contributed by atoms with Crippen LogP contribution in [0.25, 0.3) is 0 Å². The predicted molar refractivity (Wildman–Crippen MR) is 77.7 cm³/mol.